The Morgan fingerprint density at radius 2 is 1.91 bits per heavy atom. The van der Waals surface area contributed by atoms with Gasteiger partial charge in [0, 0.05) is 24.0 Å². The van der Waals surface area contributed by atoms with Crippen LogP contribution in [0, 0.1) is 13.8 Å². The lowest BCUT2D eigenvalue weighted by Gasteiger charge is -2.14. The van der Waals surface area contributed by atoms with Gasteiger partial charge in [-0.05, 0) is 37.8 Å². The van der Waals surface area contributed by atoms with Crippen molar-refractivity contribution in [1.29, 1.82) is 0 Å². The van der Waals surface area contributed by atoms with E-state index >= 15 is 0 Å². The van der Waals surface area contributed by atoms with Gasteiger partial charge in [0.05, 0.1) is 0 Å². The van der Waals surface area contributed by atoms with E-state index in [1.165, 1.54) is 17.5 Å². The molecule has 1 aromatic heterocycles. The molecular weight excluding hydrogens is 272 g/mol. The molecule has 118 valence electrons. The molecule has 0 aliphatic rings. The number of rotatable bonds is 7. The monoisotopic (exact) mass is 298 g/mol. The molecule has 0 aliphatic heterocycles. The summed E-state index contributed by atoms with van der Waals surface area (Å²) in [6, 6.07) is 8.33. The van der Waals surface area contributed by atoms with Gasteiger partial charge in [0.25, 0.3) is 0 Å². The quantitative estimate of drug-likeness (QED) is 0.733. The third kappa shape index (κ3) is 4.20. The van der Waals surface area contributed by atoms with Crippen LogP contribution in [-0.4, -0.2) is 16.5 Å². The fraction of sp³-hybridized carbons (Fsp3) is 0.444. The smallest absolute Gasteiger partial charge is 0.229 e. The zero-order valence-electron chi connectivity index (χ0n) is 14.0. The van der Waals surface area contributed by atoms with Crippen molar-refractivity contribution in [3.05, 3.63) is 41.1 Å². The molecule has 0 radical (unpaired) electrons. The van der Waals surface area contributed by atoms with E-state index in [-0.39, 0.29) is 0 Å². The van der Waals surface area contributed by atoms with E-state index in [1.807, 2.05) is 13.0 Å². The van der Waals surface area contributed by atoms with Crippen molar-refractivity contribution in [3.8, 4) is 0 Å². The number of unbranched alkanes of at least 4 members (excludes halogenated alkanes) is 1. The number of nitrogens with one attached hydrogen (secondary N) is 2. The summed E-state index contributed by atoms with van der Waals surface area (Å²) in [6.07, 6.45) is 3.30. The third-order valence-corrected chi connectivity index (χ3v) is 3.67. The van der Waals surface area contributed by atoms with Gasteiger partial charge in [-0.25, -0.2) is 4.98 Å². The normalized spacial score (nSPS) is 10.5. The van der Waals surface area contributed by atoms with Crippen LogP contribution in [0.25, 0.3) is 0 Å². The number of hydrogen-bond acceptors (Lipinski definition) is 4. The van der Waals surface area contributed by atoms with Gasteiger partial charge in [-0.15, -0.1) is 0 Å². The molecule has 4 heteroatoms. The largest absolute Gasteiger partial charge is 0.370 e. The Labute approximate surface area is 133 Å². The molecule has 2 N–H and O–H groups in total. The number of benzene rings is 1. The first kappa shape index (κ1) is 16.3. The molecule has 1 aromatic carbocycles. The molecule has 0 unspecified atom stereocenters. The molecule has 0 saturated carbocycles. The molecule has 1 heterocycles. The minimum atomic E-state index is 0.656. The van der Waals surface area contributed by atoms with Crippen LogP contribution in [-0.2, 0) is 6.42 Å². The van der Waals surface area contributed by atoms with Crippen LogP contribution in [0.15, 0.2) is 24.3 Å². The van der Waals surface area contributed by atoms with E-state index in [2.05, 4.69) is 59.6 Å². The molecule has 2 rings (SSSR count). The van der Waals surface area contributed by atoms with Gasteiger partial charge in [-0.2, -0.15) is 4.98 Å². The van der Waals surface area contributed by atoms with E-state index in [0.29, 0.717) is 5.95 Å². The second-order valence-corrected chi connectivity index (χ2v) is 5.59. The van der Waals surface area contributed by atoms with Gasteiger partial charge < -0.3 is 10.6 Å². The van der Waals surface area contributed by atoms with Crippen molar-refractivity contribution < 1.29 is 0 Å². The summed E-state index contributed by atoms with van der Waals surface area (Å²) in [5.74, 6) is 1.54. The van der Waals surface area contributed by atoms with Crippen LogP contribution >= 0.6 is 0 Å². The Morgan fingerprint density at radius 3 is 2.64 bits per heavy atom. The molecule has 0 saturated heterocycles. The maximum atomic E-state index is 4.58. The number of para-hydroxylation sites is 1. The Bertz CT molecular complexity index is 622. The summed E-state index contributed by atoms with van der Waals surface area (Å²) >= 11 is 0. The maximum absolute atomic E-state index is 4.58. The Hall–Kier alpha value is -2.10. The highest BCUT2D eigenvalue weighted by molar-refractivity contribution is 5.64. The van der Waals surface area contributed by atoms with Crippen LogP contribution in [0.5, 0.6) is 0 Å². The summed E-state index contributed by atoms with van der Waals surface area (Å²) in [5.41, 5.74) is 4.58. The molecule has 0 atom stereocenters. The predicted molar refractivity (Wildman–Crippen MR) is 94.0 cm³/mol. The highest BCUT2D eigenvalue weighted by atomic mass is 15.1. The number of aromatic nitrogens is 2. The minimum absolute atomic E-state index is 0.656. The van der Waals surface area contributed by atoms with Crippen LogP contribution in [0.4, 0.5) is 17.5 Å². The van der Waals surface area contributed by atoms with Gasteiger partial charge in [-0.3, -0.25) is 0 Å². The SMILES string of the molecule is CCCCNc1cc(C)nc(Nc2c(C)cccc2CC)n1. The number of hydrogen-bond donors (Lipinski definition) is 2. The molecular formula is C18H26N4. The first-order valence-electron chi connectivity index (χ1n) is 8.09. The zero-order chi connectivity index (χ0) is 15.9. The lowest BCUT2D eigenvalue weighted by Crippen LogP contribution is -2.07. The summed E-state index contributed by atoms with van der Waals surface area (Å²) < 4.78 is 0. The molecule has 0 aliphatic carbocycles. The number of aryl methyl sites for hydroxylation is 3. The standard InChI is InChI=1S/C18H26N4/c1-5-7-11-19-16-12-14(4)20-18(21-16)22-17-13(3)9-8-10-15(17)6-2/h8-10,12H,5-7,11H2,1-4H3,(H2,19,20,21,22). The predicted octanol–water partition coefficient (Wildman–Crippen LogP) is 4.61. The zero-order valence-corrected chi connectivity index (χ0v) is 14.0. The lowest BCUT2D eigenvalue weighted by molar-refractivity contribution is 0.830. The van der Waals surface area contributed by atoms with Gasteiger partial charge >= 0.3 is 0 Å². The van der Waals surface area contributed by atoms with Crippen molar-refractivity contribution in [3.63, 3.8) is 0 Å². The van der Waals surface area contributed by atoms with Gasteiger partial charge in [-0.1, -0.05) is 38.5 Å². The first-order chi connectivity index (χ1) is 10.6. The van der Waals surface area contributed by atoms with Crippen molar-refractivity contribution in [2.24, 2.45) is 0 Å². The summed E-state index contributed by atoms with van der Waals surface area (Å²) in [6.45, 7) is 9.39. The Morgan fingerprint density at radius 1 is 1.09 bits per heavy atom. The summed E-state index contributed by atoms with van der Waals surface area (Å²) in [7, 11) is 0. The van der Waals surface area contributed by atoms with E-state index in [0.717, 1.165) is 36.6 Å². The summed E-state index contributed by atoms with van der Waals surface area (Å²) in [4.78, 5) is 9.10. The molecule has 22 heavy (non-hydrogen) atoms. The number of anilines is 3. The molecule has 0 fully saturated rings. The molecule has 0 spiro atoms. The highest BCUT2D eigenvalue weighted by Crippen LogP contribution is 2.24. The average molecular weight is 298 g/mol. The van der Waals surface area contributed by atoms with Crippen molar-refractivity contribution in [1.82, 2.24) is 9.97 Å². The minimum Gasteiger partial charge on any atom is -0.370 e. The van der Waals surface area contributed by atoms with E-state index in [1.54, 1.807) is 0 Å². The number of nitrogens with zero attached hydrogens (tertiary/aromatic N) is 2. The molecule has 2 aromatic rings. The van der Waals surface area contributed by atoms with Crippen LogP contribution in [0.3, 0.4) is 0 Å². The maximum Gasteiger partial charge on any atom is 0.229 e. The second-order valence-electron chi connectivity index (χ2n) is 5.59. The lowest BCUT2D eigenvalue weighted by atomic mass is 10.1. The van der Waals surface area contributed by atoms with Gasteiger partial charge in [0.2, 0.25) is 5.95 Å². The molecule has 0 amide bonds. The molecule has 4 nitrogen and oxygen atoms in total. The molecule has 0 bridgehead atoms. The average Bonchev–Trinajstić information content (AvgIpc) is 2.49. The van der Waals surface area contributed by atoms with Crippen LogP contribution in [0.2, 0.25) is 0 Å². The first-order valence-corrected chi connectivity index (χ1v) is 8.09. The second kappa shape index (κ2) is 7.78. The van der Waals surface area contributed by atoms with Crippen LogP contribution < -0.4 is 10.6 Å². The van der Waals surface area contributed by atoms with Crippen molar-refractivity contribution >= 4 is 17.5 Å². The Kier molecular flexibility index (Phi) is 5.75. The van der Waals surface area contributed by atoms with E-state index in [4.69, 9.17) is 0 Å². The van der Waals surface area contributed by atoms with Gasteiger partial charge in [0.15, 0.2) is 0 Å². The summed E-state index contributed by atoms with van der Waals surface area (Å²) in [5, 5.41) is 6.77. The Balaban J connectivity index is 2.22. The van der Waals surface area contributed by atoms with Crippen molar-refractivity contribution in [2.45, 2.75) is 47.0 Å². The highest BCUT2D eigenvalue weighted by Gasteiger charge is 2.08. The van der Waals surface area contributed by atoms with Crippen LogP contribution in [0.1, 0.15) is 43.5 Å². The van der Waals surface area contributed by atoms with E-state index < -0.39 is 0 Å². The van der Waals surface area contributed by atoms with Gasteiger partial charge in [0.1, 0.15) is 5.82 Å². The fourth-order valence-electron chi connectivity index (χ4n) is 2.42. The topological polar surface area (TPSA) is 49.8 Å². The van der Waals surface area contributed by atoms with E-state index in [9.17, 15) is 0 Å². The van der Waals surface area contributed by atoms with Crippen molar-refractivity contribution in [2.75, 3.05) is 17.2 Å². The fourth-order valence-corrected chi connectivity index (χ4v) is 2.42. The third-order valence-electron chi connectivity index (χ3n) is 3.67.